The highest BCUT2D eigenvalue weighted by Crippen LogP contribution is 2.29. The number of nitrogens with zero attached hydrogens (tertiary/aromatic N) is 2. The van der Waals surface area contributed by atoms with E-state index in [1.165, 1.54) is 4.90 Å². The number of hydrogen-bond donors (Lipinski definition) is 1. The molecule has 1 heterocycles. The molecule has 3 rings (SSSR count). The third kappa shape index (κ3) is 6.45. The van der Waals surface area contributed by atoms with Gasteiger partial charge in [-0.05, 0) is 42.0 Å². The molecule has 0 saturated carbocycles. The molecule has 166 valence electrons. The van der Waals surface area contributed by atoms with Gasteiger partial charge in [-0.2, -0.15) is 13.2 Å². The molecule has 0 radical (unpaired) electrons. The van der Waals surface area contributed by atoms with E-state index < -0.39 is 17.6 Å². The van der Waals surface area contributed by atoms with Crippen molar-refractivity contribution in [2.75, 3.05) is 32.7 Å². The van der Waals surface area contributed by atoms with Crippen molar-refractivity contribution < 1.29 is 22.8 Å². The summed E-state index contributed by atoms with van der Waals surface area (Å²) in [7, 11) is 0. The molecule has 0 atom stereocenters. The standard InChI is InChI=1S/C22H23ClF3N3O2/c23-19-3-1-2-16(14-19)15-29(11-8-20(30)28-12-9-27-10-13-28)21(31)17-4-6-18(7-5-17)22(24,25)26/h1-7,14,27H,8-13,15H2. The molecule has 1 N–H and O–H groups in total. The molecule has 5 nitrogen and oxygen atoms in total. The number of benzene rings is 2. The van der Waals surface area contributed by atoms with E-state index >= 15 is 0 Å². The molecule has 1 fully saturated rings. The number of carbonyl (C=O) groups is 2. The van der Waals surface area contributed by atoms with Crippen molar-refractivity contribution in [2.45, 2.75) is 19.1 Å². The van der Waals surface area contributed by atoms with Gasteiger partial charge in [-0.25, -0.2) is 0 Å². The Bertz CT molecular complexity index is 913. The Morgan fingerprint density at radius 3 is 2.35 bits per heavy atom. The minimum absolute atomic E-state index is 0.0576. The topological polar surface area (TPSA) is 52.7 Å². The Hall–Kier alpha value is -2.58. The Morgan fingerprint density at radius 2 is 1.74 bits per heavy atom. The van der Waals surface area contributed by atoms with Gasteiger partial charge in [-0.3, -0.25) is 9.59 Å². The van der Waals surface area contributed by atoms with Crippen molar-refractivity contribution in [3.05, 3.63) is 70.2 Å². The molecule has 9 heteroatoms. The van der Waals surface area contributed by atoms with Gasteiger partial charge in [0.15, 0.2) is 0 Å². The van der Waals surface area contributed by atoms with Crippen molar-refractivity contribution in [3.63, 3.8) is 0 Å². The number of rotatable bonds is 6. The van der Waals surface area contributed by atoms with Crippen LogP contribution in [-0.2, 0) is 17.5 Å². The summed E-state index contributed by atoms with van der Waals surface area (Å²) in [6, 6.07) is 11.1. The maximum absolute atomic E-state index is 13.1. The van der Waals surface area contributed by atoms with Crippen LogP contribution in [0.4, 0.5) is 13.2 Å². The molecule has 2 aromatic carbocycles. The Balaban J connectivity index is 1.75. The number of halogens is 4. The Morgan fingerprint density at radius 1 is 1.06 bits per heavy atom. The lowest BCUT2D eigenvalue weighted by Gasteiger charge is -2.29. The number of carbonyl (C=O) groups excluding carboxylic acids is 2. The maximum Gasteiger partial charge on any atom is 0.416 e. The molecule has 2 aromatic rings. The smallest absolute Gasteiger partial charge is 0.340 e. The summed E-state index contributed by atoms with van der Waals surface area (Å²) < 4.78 is 38.5. The summed E-state index contributed by atoms with van der Waals surface area (Å²) in [4.78, 5) is 28.8. The van der Waals surface area contributed by atoms with Gasteiger partial charge >= 0.3 is 6.18 Å². The van der Waals surface area contributed by atoms with Gasteiger partial charge < -0.3 is 15.1 Å². The van der Waals surface area contributed by atoms with Crippen molar-refractivity contribution in [1.29, 1.82) is 0 Å². The molecule has 0 aliphatic carbocycles. The Kier molecular flexibility index (Phi) is 7.56. The monoisotopic (exact) mass is 453 g/mol. The molecule has 0 unspecified atom stereocenters. The van der Waals surface area contributed by atoms with E-state index in [0.717, 1.165) is 42.9 Å². The lowest BCUT2D eigenvalue weighted by Crippen LogP contribution is -2.47. The van der Waals surface area contributed by atoms with Gasteiger partial charge in [0.25, 0.3) is 5.91 Å². The fraction of sp³-hybridized carbons (Fsp3) is 0.364. The van der Waals surface area contributed by atoms with Crippen molar-refractivity contribution >= 4 is 23.4 Å². The second-order valence-electron chi connectivity index (χ2n) is 7.31. The highest BCUT2D eigenvalue weighted by Gasteiger charge is 2.30. The molecule has 1 aliphatic rings. The third-order valence-electron chi connectivity index (χ3n) is 5.07. The van der Waals surface area contributed by atoms with Crippen molar-refractivity contribution in [1.82, 2.24) is 15.1 Å². The van der Waals surface area contributed by atoms with Gasteiger partial charge in [0.05, 0.1) is 5.56 Å². The summed E-state index contributed by atoms with van der Waals surface area (Å²) in [6.07, 6.45) is -4.34. The van der Waals surface area contributed by atoms with Crippen LogP contribution < -0.4 is 5.32 Å². The molecule has 0 bridgehead atoms. The van der Waals surface area contributed by atoms with Crippen LogP contribution in [0.1, 0.15) is 27.9 Å². The van der Waals surface area contributed by atoms with Gasteiger partial charge in [0.1, 0.15) is 0 Å². The summed E-state index contributed by atoms with van der Waals surface area (Å²) in [5.74, 6) is -0.500. The second kappa shape index (κ2) is 10.2. The first-order chi connectivity index (χ1) is 14.7. The van der Waals surface area contributed by atoms with Crippen LogP contribution in [-0.4, -0.2) is 54.3 Å². The van der Waals surface area contributed by atoms with E-state index in [-0.39, 0.29) is 31.0 Å². The minimum atomic E-state index is -4.47. The van der Waals surface area contributed by atoms with Crippen LogP contribution in [0.2, 0.25) is 5.02 Å². The number of nitrogens with one attached hydrogen (secondary N) is 1. The van der Waals surface area contributed by atoms with E-state index in [1.54, 1.807) is 29.2 Å². The van der Waals surface area contributed by atoms with E-state index in [4.69, 9.17) is 11.6 Å². The summed E-state index contributed by atoms with van der Waals surface area (Å²) in [5, 5.41) is 3.69. The molecule has 0 aromatic heterocycles. The van der Waals surface area contributed by atoms with E-state index in [0.29, 0.717) is 18.1 Å². The molecule has 1 saturated heterocycles. The molecule has 1 aliphatic heterocycles. The third-order valence-corrected chi connectivity index (χ3v) is 5.31. The summed E-state index contributed by atoms with van der Waals surface area (Å²) >= 11 is 6.04. The predicted molar refractivity (Wildman–Crippen MR) is 112 cm³/mol. The average Bonchev–Trinajstić information content (AvgIpc) is 2.76. The highest BCUT2D eigenvalue weighted by atomic mass is 35.5. The fourth-order valence-electron chi connectivity index (χ4n) is 3.40. The van der Waals surface area contributed by atoms with Gasteiger partial charge in [-0.1, -0.05) is 23.7 Å². The van der Waals surface area contributed by atoms with Gasteiger partial charge in [-0.15, -0.1) is 0 Å². The maximum atomic E-state index is 13.1. The van der Waals surface area contributed by atoms with Crippen LogP contribution in [0.25, 0.3) is 0 Å². The van der Waals surface area contributed by atoms with Gasteiger partial charge in [0.2, 0.25) is 5.91 Å². The largest absolute Gasteiger partial charge is 0.416 e. The zero-order valence-corrected chi connectivity index (χ0v) is 17.5. The average molecular weight is 454 g/mol. The zero-order chi connectivity index (χ0) is 22.4. The molecule has 31 heavy (non-hydrogen) atoms. The first-order valence-electron chi connectivity index (χ1n) is 9.93. The molecular formula is C22H23ClF3N3O2. The lowest BCUT2D eigenvalue weighted by atomic mass is 10.1. The normalized spacial score (nSPS) is 14.4. The molecular weight excluding hydrogens is 431 g/mol. The van der Waals surface area contributed by atoms with Crippen molar-refractivity contribution in [3.8, 4) is 0 Å². The lowest BCUT2D eigenvalue weighted by molar-refractivity contribution is -0.137. The molecule has 0 spiro atoms. The second-order valence-corrected chi connectivity index (χ2v) is 7.75. The number of alkyl halides is 3. The highest BCUT2D eigenvalue weighted by molar-refractivity contribution is 6.30. The zero-order valence-electron chi connectivity index (χ0n) is 16.8. The predicted octanol–water partition coefficient (Wildman–Crippen LogP) is 3.82. The van der Waals surface area contributed by atoms with E-state index in [9.17, 15) is 22.8 Å². The number of amides is 2. The first kappa shape index (κ1) is 23.1. The quantitative estimate of drug-likeness (QED) is 0.723. The van der Waals surface area contributed by atoms with Crippen LogP contribution >= 0.6 is 11.6 Å². The molecule has 2 amide bonds. The van der Waals surface area contributed by atoms with E-state index in [2.05, 4.69) is 5.32 Å². The van der Waals surface area contributed by atoms with Crippen LogP contribution in [0.15, 0.2) is 48.5 Å². The minimum Gasteiger partial charge on any atom is -0.340 e. The first-order valence-corrected chi connectivity index (χ1v) is 10.3. The summed E-state index contributed by atoms with van der Waals surface area (Å²) in [6.45, 7) is 3.01. The number of hydrogen-bond acceptors (Lipinski definition) is 3. The van der Waals surface area contributed by atoms with Crippen molar-refractivity contribution in [2.24, 2.45) is 0 Å². The van der Waals surface area contributed by atoms with Crippen LogP contribution in [0.5, 0.6) is 0 Å². The van der Waals surface area contributed by atoms with Gasteiger partial charge in [0, 0.05) is 56.3 Å². The number of piperazine rings is 1. The van der Waals surface area contributed by atoms with E-state index in [1.807, 2.05) is 0 Å². The Labute approximate surface area is 183 Å². The van der Waals surface area contributed by atoms with Crippen LogP contribution in [0, 0.1) is 0 Å². The SMILES string of the molecule is O=C(CCN(Cc1cccc(Cl)c1)C(=O)c1ccc(C(F)(F)F)cc1)N1CCNCC1. The fourth-order valence-corrected chi connectivity index (χ4v) is 3.61. The summed E-state index contributed by atoms with van der Waals surface area (Å²) in [5.41, 5.74) is 0.0753. The van der Waals surface area contributed by atoms with Crippen LogP contribution in [0.3, 0.4) is 0 Å².